The predicted octanol–water partition coefficient (Wildman–Crippen LogP) is 5.06. The average molecular weight is 453 g/mol. The fraction of sp³-hybridized carbons (Fsp3) is 0.500. The lowest BCUT2D eigenvalue weighted by atomic mass is 9.81. The standard InChI is InChI=1S/C20H22ClFN4O3S/c1-19(2,3)29-18(27)26(12-20(11-23)4-6-28-7-5-20)17-25-15(10-30-17)13-8-16(22)24-9-14(13)21/h8-10H,4-7,12H2,1-3H3. The van der Waals surface area contributed by atoms with Crippen LogP contribution in [0.15, 0.2) is 17.6 Å². The number of amides is 1. The first-order valence-electron chi connectivity index (χ1n) is 9.39. The van der Waals surface area contributed by atoms with E-state index in [0.29, 0.717) is 42.4 Å². The molecule has 1 saturated heterocycles. The van der Waals surface area contributed by atoms with Crippen LogP contribution in [0, 0.1) is 22.7 Å². The normalized spacial score (nSPS) is 16.0. The highest BCUT2D eigenvalue weighted by Gasteiger charge is 2.39. The van der Waals surface area contributed by atoms with Gasteiger partial charge in [0.2, 0.25) is 5.95 Å². The van der Waals surface area contributed by atoms with Gasteiger partial charge in [-0.05, 0) is 33.6 Å². The fourth-order valence-electron chi connectivity index (χ4n) is 3.02. The van der Waals surface area contributed by atoms with Crippen molar-refractivity contribution in [3.63, 3.8) is 0 Å². The molecule has 3 rings (SSSR count). The van der Waals surface area contributed by atoms with E-state index in [1.54, 1.807) is 26.2 Å². The van der Waals surface area contributed by atoms with Gasteiger partial charge in [0, 0.05) is 36.4 Å². The van der Waals surface area contributed by atoms with Crippen molar-refractivity contribution in [2.45, 2.75) is 39.2 Å². The van der Waals surface area contributed by atoms with Crippen molar-refractivity contribution < 1.29 is 18.7 Å². The molecule has 0 spiro atoms. The second-order valence-corrected chi connectivity index (χ2v) is 9.32. The number of rotatable bonds is 4. The number of halogens is 2. The molecular formula is C20H22ClFN4O3S. The summed E-state index contributed by atoms with van der Waals surface area (Å²) < 4.78 is 24.5. The number of thiazole rings is 1. The molecule has 1 amide bonds. The maximum atomic E-state index is 13.6. The van der Waals surface area contributed by atoms with Gasteiger partial charge in [0.15, 0.2) is 5.13 Å². The molecule has 0 bridgehead atoms. The van der Waals surface area contributed by atoms with Crippen LogP contribution in [-0.2, 0) is 9.47 Å². The predicted molar refractivity (Wildman–Crippen MR) is 112 cm³/mol. The van der Waals surface area contributed by atoms with Crippen molar-refractivity contribution in [3.05, 3.63) is 28.6 Å². The van der Waals surface area contributed by atoms with Gasteiger partial charge < -0.3 is 9.47 Å². The van der Waals surface area contributed by atoms with Crippen LogP contribution in [0.5, 0.6) is 0 Å². The Morgan fingerprint density at radius 1 is 1.47 bits per heavy atom. The van der Waals surface area contributed by atoms with Crippen LogP contribution in [0.1, 0.15) is 33.6 Å². The zero-order chi connectivity index (χ0) is 21.9. The third-order valence-corrected chi connectivity index (χ3v) is 5.75. The fourth-order valence-corrected chi connectivity index (χ4v) is 4.03. The van der Waals surface area contributed by atoms with E-state index >= 15 is 0 Å². The number of anilines is 1. The molecule has 1 aliphatic heterocycles. The SMILES string of the molecule is CC(C)(C)OC(=O)N(CC1(C#N)CCOCC1)c1nc(-c2cc(F)ncc2Cl)cs1. The molecule has 10 heteroatoms. The molecule has 0 radical (unpaired) electrons. The minimum absolute atomic E-state index is 0.118. The van der Waals surface area contributed by atoms with Gasteiger partial charge in [-0.15, -0.1) is 11.3 Å². The molecule has 2 aromatic heterocycles. The highest BCUT2D eigenvalue weighted by Crippen LogP contribution is 2.36. The van der Waals surface area contributed by atoms with E-state index in [1.165, 1.54) is 28.5 Å². The molecule has 7 nitrogen and oxygen atoms in total. The van der Waals surface area contributed by atoms with Crippen LogP contribution < -0.4 is 4.90 Å². The highest BCUT2D eigenvalue weighted by molar-refractivity contribution is 7.14. The number of nitrogens with zero attached hydrogens (tertiary/aromatic N) is 4. The molecule has 0 saturated carbocycles. The summed E-state index contributed by atoms with van der Waals surface area (Å²) in [6.07, 6.45) is 1.62. The van der Waals surface area contributed by atoms with Gasteiger partial charge in [-0.2, -0.15) is 9.65 Å². The van der Waals surface area contributed by atoms with E-state index in [9.17, 15) is 14.4 Å². The summed E-state index contributed by atoms with van der Waals surface area (Å²) in [5, 5.41) is 12.1. The van der Waals surface area contributed by atoms with Crippen molar-refractivity contribution in [2.24, 2.45) is 5.41 Å². The Bertz CT molecular complexity index is 964. The zero-order valence-electron chi connectivity index (χ0n) is 16.9. The van der Waals surface area contributed by atoms with Crippen LogP contribution in [0.25, 0.3) is 11.3 Å². The van der Waals surface area contributed by atoms with Gasteiger partial charge in [0.05, 0.1) is 28.7 Å². The monoisotopic (exact) mass is 452 g/mol. The Hall–Kier alpha value is -2.28. The topological polar surface area (TPSA) is 88.3 Å². The van der Waals surface area contributed by atoms with Crippen LogP contribution in [0.4, 0.5) is 14.3 Å². The van der Waals surface area contributed by atoms with Crippen LogP contribution >= 0.6 is 22.9 Å². The Kier molecular flexibility index (Phi) is 6.60. The highest BCUT2D eigenvalue weighted by atomic mass is 35.5. The molecule has 30 heavy (non-hydrogen) atoms. The molecule has 0 aliphatic carbocycles. The number of ether oxygens (including phenoxy) is 2. The summed E-state index contributed by atoms with van der Waals surface area (Å²) in [5.41, 5.74) is -0.700. The second-order valence-electron chi connectivity index (χ2n) is 8.07. The van der Waals surface area contributed by atoms with Gasteiger partial charge in [-0.25, -0.2) is 14.8 Å². The van der Waals surface area contributed by atoms with E-state index in [1.807, 2.05) is 0 Å². The van der Waals surface area contributed by atoms with Crippen LogP contribution in [0.2, 0.25) is 5.02 Å². The Morgan fingerprint density at radius 2 is 2.17 bits per heavy atom. The van der Waals surface area contributed by atoms with Crippen molar-refractivity contribution in [3.8, 4) is 17.3 Å². The van der Waals surface area contributed by atoms with Crippen molar-refractivity contribution >= 4 is 34.2 Å². The number of nitriles is 1. The molecule has 160 valence electrons. The van der Waals surface area contributed by atoms with Gasteiger partial charge in [-0.3, -0.25) is 4.90 Å². The molecule has 0 unspecified atom stereocenters. The van der Waals surface area contributed by atoms with Crippen molar-refractivity contribution in [1.29, 1.82) is 5.26 Å². The van der Waals surface area contributed by atoms with Crippen molar-refractivity contribution in [1.82, 2.24) is 9.97 Å². The van der Waals surface area contributed by atoms with Gasteiger partial charge >= 0.3 is 6.09 Å². The van der Waals surface area contributed by atoms with E-state index < -0.39 is 23.1 Å². The number of hydrogen-bond donors (Lipinski definition) is 0. The number of pyridine rings is 1. The molecule has 0 atom stereocenters. The average Bonchev–Trinajstić information content (AvgIpc) is 3.17. The number of aromatic nitrogens is 2. The summed E-state index contributed by atoms with van der Waals surface area (Å²) in [5.74, 6) is -0.682. The first-order valence-corrected chi connectivity index (χ1v) is 10.6. The zero-order valence-corrected chi connectivity index (χ0v) is 18.5. The van der Waals surface area contributed by atoms with E-state index in [-0.39, 0.29) is 11.6 Å². The molecule has 0 aromatic carbocycles. The third-order valence-electron chi connectivity index (χ3n) is 4.58. The summed E-state index contributed by atoms with van der Waals surface area (Å²) in [6, 6.07) is 3.55. The van der Waals surface area contributed by atoms with E-state index in [0.717, 1.165) is 0 Å². The summed E-state index contributed by atoms with van der Waals surface area (Å²) in [7, 11) is 0. The van der Waals surface area contributed by atoms with Crippen LogP contribution in [-0.4, -0.2) is 41.4 Å². The van der Waals surface area contributed by atoms with Gasteiger partial charge in [-0.1, -0.05) is 11.6 Å². The van der Waals surface area contributed by atoms with E-state index in [2.05, 4.69) is 16.0 Å². The summed E-state index contributed by atoms with van der Waals surface area (Å²) >= 11 is 7.33. The summed E-state index contributed by atoms with van der Waals surface area (Å²) in [6.45, 7) is 6.32. The molecule has 3 heterocycles. The molecule has 0 N–H and O–H groups in total. The largest absolute Gasteiger partial charge is 0.443 e. The maximum absolute atomic E-state index is 13.6. The lowest BCUT2D eigenvalue weighted by molar-refractivity contribution is 0.0366. The molecular weight excluding hydrogens is 431 g/mol. The minimum Gasteiger partial charge on any atom is -0.443 e. The maximum Gasteiger partial charge on any atom is 0.416 e. The van der Waals surface area contributed by atoms with Gasteiger partial charge in [0.25, 0.3) is 0 Å². The van der Waals surface area contributed by atoms with Gasteiger partial charge in [0.1, 0.15) is 5.60 Å². The lowest BCUT2D eigenvalue weighted by Gasteiger charge is -2.35. The summed E-state index contributed by atoms with van der Waals surface area (Å²) in [4.78, 5) is 22.4. The van der Waals surface area contributed by atoms with Crippen LogP contribution in [0.3, 0.4) is 0 Å². The number of hydrogen-bond acceptors (Lipinski definition) is 7. The smallest absolute Gasteiger partial charge is 0.416 e. The minimum atomic E-state index is -0.762. The van der Waals surface area contributed by atoms with Crippen molar-refractivity contribution in [2.75, 3.05) is 24.7 Å². The Labute approximate surface area is 183 Å². The first-order chi connectivity index (χ1) is 14.1. The Balaban J connectivity index is 1.96. The Morgan fingerprint density at radius 3 is 2.80 bits per heavy atom. The first kappa shape index (κ1) is 22.4. The molecule has 1 aliphatic rings. The quantitative estimate of drug-likeness (QED) is 0.602. The molecule has 1 fully saturated rings. The second kappa shape index (κ2) is 8.84. The third kappa shape index (κ3) is 5.25. The molecule has 2 aromatic rings. The van der Waals surface area contributed by atoms with E-state index in [4.69, 9.17) is 21.1 Å². The lowest BCUT2D eigenvalue weighted by Crippen LogP contribution is -2.45. The number of carbonyl (C=O) groups excluding carboxylic acids is 1. The number of carbonyl (C=O) groups is 1.